The number of pyridine rings is 1. The van der Waals surface area contributed by atoms with Gasteiger partial charge in [-0.05, 0) is 61.9 Å². The third kappa shape index (κ3) is 3.80. The Kier molecular flexibility index (Phi) is 5.24. The molecule has 33 heavy (non-hydrogen) atoms. The van der Waals surface area contributed by atoms with Gasteiger partial charge in [0.2, 0.25) is 0 Å². The van der Waals surface area contributed by atoms with E-state index in [0.717, 1.165) is 22.0 Å². The van der Waals surface area contributed by atoms with E-state index in [1.54, 1.807) is 23.2 Å². The lowest BCUT2D eigenvalue weighted by Crippen LogP contribution is -2.22. The van der Waals surface area contributed by atoms with Crippen molar-refractivity contribution in [3.05, 3.63) is 83.4 Å². The lowest BCUT2D eigenvalue weighted by atomic mass is 10.1. The molecule has 2 aromatic carbocycles. The highest BCUT2D eigenvalue weighted by Crippen LogP contribution is 2.32. The van der Waals surface area contributed by atoms with Gasteiger partial charge in [-0.1, -0.05) is 6.07 Å². The summed E-state index contributed by atoms with van der Waals surface area (Å²) in [6.45, 7) is 5.07. The number of benzene rings is 2. The SMILES string of the molecule is CCN1Cc2c(ccnc2NC(C)c2ccc(Oc3ccc4c(ccn4C)c3)c(F)c2)C1=O. The molecule has 3 heterocycles. The molecule has 168 valence electrons. The zero-order valence-electron chi connectivity index (χ0n) is 18.8. The molecule has 0 radical (unpaired) electrons. The first-order valence-electron chi connectivity index (χ1n) is 11.0. The van der Waals surface area contributed by atoms with Gasteiger partial charge < -0.3 is 19.5 Å². The van der Waals surface area contributed by atoms with Crippen molar-refractivity contribution in [1.29, 1.82) is 0 Å². The molecule has 5 rings (SSSR count). The highest BCUT2D eigenvalue weighted by molar-refractivity contribution is 5.99. The molecule has 0 saturated carbocycles. The van der Waals surface area contributed by atoms with E-state index in [0.29, 0.717) is 30.2 Å². The second kappa shape index (κ2) is 8.24. The van der Waals surface area contributed by atoms with Crippen LogP contribution in [0.1, 0.15) is 41.4 Å². The number of rotatable bonds is 6. The predicted octanol–water partition coefficient (Wildman–Crippen LogP) is 5.65. The number of anilines is 1. The van der Waals surface area contributed by atoms with Crippen molar-refractivity contribution in [3.63, 3.8) is 0 Å². The van der Waals surface area contributed by atoms with Crippen LogP contribution in [0, 0.1) is 5.82 Å². The zero-order chi connectivity index (χ0) is 23.1. The maximum absolute atomic E-state index is 14.9. The molecule has 0 saturated heterocycles. The number of aryl methyl sites for hydroxylation is 1. The molecule has 1 aliphatic rings. The van der Waals surface area contributed by atoms with Crippen molar-refractivity contribution in [3.8, 4) is 11.5 Å². The molecule has 0 bridgehead atoms. The number of carbonyl (C=O) groups excluding carboxylic acids is 1. The number of nitrogens with one attached hydrogen (secondary N) is 1. The number of aromatic nitrogens is 2. The van der Waals surface area contributed by atoms with Gasteiger partial charge in [0.25, 0.3) is 5.91 Å². The standard InChI is InChI=1S/C26H25FN4O2/c1-4-31-15-21-20(26(31)32)9-11-28-25(21)29-16(2)17-5-8-24(22(27)14-17)33-19-6-7-23-18(13-19)10-12-30(23)3/h5-14,16H,4,15H2,1-3H3,(H,28,29). The van der Waals surface area contributed by atoms with E-state index in [2.05, 4.69) is 10.3 Å². The normalized spacial score (nSPS) is 13.9. The van der Waals surface area contributed by atoms with Gasteiger partial charge >= 0.3 is 0 Å². The van der Waals surface area contributed by atoms with Gasteiger partial charge in [-0.15, -0.1) is 0 Å². The van der Waals surface area contributed by atoms with Gasteiger partial charge in [-0.2, -0.15) is 0 Å². The molecule has 1 amide bonds. The summed E-state index contributed by atoms with van der Waals surface area (Å²) in [7, 11) is 1.98. The molecule has 2 aromatic heterocycles. The van der Waals surface area contributed by atoms with Gasteiger partial charge in [0, 0.05) is 48.0 Å². The molecule has 0 fully saturated rings. The van der Waals surface area contributed by atoms with Gasteiger partial charge in [-0.25, -0.2) is 9.37 Å². The number of carbonyl (C=O) groups is 1. The minimum atomic E-state index is -0.437. The Morgan fingerprint density at radius 3 is 2.82 bits per heavy atom. The topological polar surface area (TPSA) is 59.4 Å². The van der Waals surface area contributed by atoms with Crippen molar-refractivity contribution in [1.82, 2.24) is 14.5 Å². The molecule has 6 nitrogen and oxygen atoms in total. The number of halogens is 1. The summed E-state index contributed by atoms with van der Waals surface area (Å²) < 4.78 is 22.7. The fraction of sp³-hybridized carbons (Fsp3) is 0.231. The van der Waals surface area contributed by atoms with Crippen LogP contribution in [-0.4, -0.2) is 26.9 Å². The number of amides is 1. The number of hydrogen-bond acceptors (Lipinski definition) is 4. The Labute approximate surface area is 191 Å². The lowest BCUT2D eigenvalue weighted by molar-refractivity contribution is 0.0787. The molecule has 1 unspecified atom stereocenters. The van der Waals surface area contributed by atoms with Crippen LogP contribution in [0.3, 0.4) is 0 Å². The van der Waals surface area contributed by atoms with Crippen molar-refractivity contribution in [2.45, 2.75) is 26.4 Å². The number of nitrogens with zero attached hydrogens (tertiary/aromatic N) is 3. The Balaban J connectivity index is 1.34. The monoisotopic (exact) mass is 444 g/mol. The van der Waals surface area contributed by atoms with Gasteiger partial charge in [0.1, 0.15) is 11.6 Å². The predicted molar refractivity (Wildman–Crippen MR) is 126 cm³/mol. The minimum absolute atomic E-state index is 0.0202. The molecule has 0 aliphatic carbocycles. The molecule has 1 aliphatic heterocycles. The summed E-state index contributed by atoms with van der Waals surface area (Å²) in [4.78, 5) is 18.7. The highest BCUT2D eigenvalue weighted by Gasteiger charge is 2.29. The van der Waals surface area contributed by atoms with E-state index in [-0.39, 0.29) is 17.7 Å². The second-order valence-corrected chi connectivity index (χ2v) is 8.31. The Hall–Kier alpha value is -3.87. The van der Waals surface area contributed by atoms with E-state index in [4.69, 9.17) is 4.74 Å². The van der Waals surface area contributed by atoms with Gasteiger partial charge in [0.05, 0.1) is 12.6 Å². The third-order valence-electron chi connectivity index (χ3n) is 6.20. The van der Waals surface area contributed by atoms with E-state index < -0.39 is 5.82 Å². The highest BCUT2D eigenvalue weighted by atomic mass is 19.1. The summed E-state index contributed by atoms with van der Waals surface area (Å²) >= 11 is 0. The van der Waals surface area contributed by atoms with Crippen LogP contribution >= 0.6 is 0 Å². The van der Waals surface area contributed by atoms with Crippen LogP contribution in [0.25, 0.3) is 10.9 Å². The van der Waals surface area contributed by atoms with Gasteiger partial charge in [0.15, 0.2) is 11.6 Å². The van der Waals surface area contributed by atoms with Crippen LogP contribution in [0.15, 0.2) is 60.9 Å². The molecular formula is C26H25FN4O2. The quantitative estimate of drug-likeness (QED) is 0.417. The minimum Gasteiger partial charge on any atom is -0.454 e. The van der Waals surface area contributed by atoms with E-state index in [1.165, 1.54) is 6.07 Å². The first kappa shape index (κ1) is 21.0. The Bertz CT molecular complexity index is 1360. The first-order valence-corrected chi connectivity index (χ1v) is 11.0. The largest absolute Gasteiger partial charge is 0.454 e. The van der Waals surface area contributed by atoms with Crippen LogP contribution < -0.4 is 10.1 Å². The van der Waals surface area contributed by atoms with Crippen molar-refractivity contribution in [2.75, 3.05) is 11.9 Å². The zero-order valence-corrected chi connectivity index (χ0v) is 18.8. The van der Waals surface area contributed by atoms with E-state index >= 15 is 0 Å². The molecule has 1 atom stereocenters. The Morgan fingerprint density at radius 2 is 2.03 bits per heavy atom. The number of ether oxygens (including phenoxy) is 1. The van der Waals surface area contributed by atoms with Crippen molar-refractivity contribution < 1.29 is 13.9 Å². The number of hydrogen-bond donors (Lipinski definition) is 1. The lowest BCUT2D eigenvalue weighted by Gasteiger charge is -2.18. The maximum Gasteiger partial charge on any atom is 0.254 e. The summed E-state index contributed by atoms with van der Waals surface area (Å²) in [6, 6.07) is 14.2. The van der Waals surface area contributed by atoms with Crippen LogP contribution in [-0.2, 0) is 13.6 Å². The van der Waals surface area contributed by atoms with E-state index in [9.17, 15) is 9.18 Å². The molecule has 1 N–H and O–H groups in total. The van der Waals surface area contributed by atoms with Crippen molar-refractivity contribution in [2.24, 2.45) is 7.05 Å². The smallest absolute Gasteiger partial charge is 0.254 e. The molecule has 7 heteroatoms. The summed E-state index contributed by atoms with van der Waals surface area (Å²) in [5.41, 5.74) is 3.40. The van der Waals surface area contributed by atoms with Crippen LogP contribution in [0.4, 0.5) is 10.2 Å². The molecule has 0 spiro atoms. The average Bonchev–Trinajstić information content (AvgIpc) is 3.35. The molecular weight excluding hydrogens is 419 g/mol. The average molecular weight is 445 g/mol. The Morgan fingerprint density at radius 1 is 1.18 bits per heavy atom. The first-order chi connectivity index (χ1) is 15.9. The van der Waals surface area contributed by atoms with Gasteiger partial charge in [-0.3, -0.25) is 4.79 Å². The van der Waals surface area contributed by atoms with E-state index in [1.807, 2.05) is 62.0 Å². The van der Waals surface area contributed by atoms with Crippen molar-refractivity contribution >= 4 is 22.6 Å². The fourth-order valence-electron chi connectivity index (χ4n) is 4.27. The fourth-order valence-corrected chi connectivity index (χ4v) is 4.27. The molecule has 4 aromatic rings. The van der Waals surface area contributed by atoms with Crippen LogP contribution in [0.2, 0.25) is 0 Å². The summed E-state index contributed by atoms with van der Waals surface area (Å²) in [6.07, 6.45) is 3.61. The number of fused-ring (bicyclic) bond motifs is 2. The second-order valence-electron chi connectivity index (χ2n) is 8.31. The maximum atomic E-state index is 14.9. The summed E-state index contributed by atoms with van der Waals surface area (Å²) in [5.74, 6) is 0.991. The third-order valence-corrected chi connectivity index (χ3v) is 6.20. The van der Waals surface area contributed by atoms with Crippen LogP contribution in [0.5, 0.6) is 11.5 Å². The summed E-state index contributed by atoms with van der Waals surface area (Å²) in [5, 5.41) is 4.38.